The second kappa shape index (κ2) is 5.84. The van der Waals surface area contributed by atoms with E-state index < -0.39 is 12.0 Å². The van der Waals surface area contributed by atoms with Gasteiger partial charge >= 0.3 is 5.97 Å². The number of carboxylic acids is 1. The summed E-state index contributed by atoms with van der Waals surface area (Å²) in [7, 11) is 0. The van der Waals surface area contributed by atoms with Crippen molar-refractivity contribution in [3.8, 4) is 0 Å². The minimum atomic E-state index is -0.984. The van der Waals surface area contributed by atoms with Gasteiger partial charge in [0.05, 0.1) is 12.0 Å². The second-order valence-corrected chi connectivity index (χ2v) is 4.02. The van der Waals surface area contributed by atoms with Gasteiger partial charge in [0.2, 0.25) is 5.91 Å². The van der Waals surface area contributed by atoms with E-state index in [1.807, 2.05) is 6.92 Å². The predicted molar refractivity (Wildman–Crippen MR) is 58.0 cm³/mol. The number of ether oxygens (including phenoxy) is 1. The van der Waals surface area contributed by atoms with Crippen molar-refractivity contribution in [2.45, 2.75) is 45.3 Å². The van der Waals surface area contributed by atoms with Crippen LogP contribution in [0.1, 0.15) is 33.1 Å². The molecule has 5 heteroatoms. The van der Waals surface area contributed by atoms with Gasteiger partial charge in [-0.15, -0.1) is 0 Å². The zero-order valence-electron chi connectivity index (χ0n) is 9.73. The Kier molecular flexibility index (Phi) is 4.73. The Bertz CT molecular complexity index is 267. The fraction of sp³-hybridized carbons (Fsp3) is 0.818. The van der Waals surface area contributed by atoms with Crippen LogP contribution in [0.4, 0.5) is 0 Å². The number of hydrogen-bond acceptors (Lipinski definition) is 3. The fourth-order valence-electron chi connectivity index (χ4n) is 1.97. The van der Waals surface area contributed by atoms with Gasteiger partial charge in [0.25, 0.3) is 0 Å². The monoisotopic (exact) mass is 229 g/mol. The summed E-state index contributed by atoms with van der Waals surface area (Å²) < 4.78 is 5.40. The van der Waals surface area contributed by atoms with Gasteiger partial charge in [0.15, 0.2) is 0 Å². The molecule has 1 aliphatic heterocycles. The maximum absolute atomic E-state index is 11.8. The average Bonchev–Trinajstić information content (AvgIpc) is 2.72. The Labute approximate surface area is 95.2 Å². The van der Waals surface area contributed by atoms with Crippen LogP contribution in [0, 0.1) is 5.92 Å². The number of carbonyl (C=O) groups excluding carboxylic acids is 1. The van der Waals surface area contributed by atoms with Crippen molar-refractivity contribution in [2.24, 2.45) is 5.92 Å². The number of carbonyl (C=O) groups is 2. The molecule has 1 fully saturated rings. The van der Waals surface area contributed by atoms with Gasteiger partial charge in [0.1, 0.15) is 6.04 Å². The molecular formula is C11H19NO4. The van der Waals surface area contributed by atoms with E-state index in [0.717, 1.165) is 6.42 Å². The van der Waals surface area contributed by atoms with Gasteiger partial charge in [-0.25, -0.2) is 4.79 Å². The molecule has 16 heavy (non-hydrogen) atoms. The fourth-order valence-corrected chi connectivity index (χ4v) is 1.97. The first-order chi connectivity index (χ1) is 7.60. The molecule has 2 N–H and O–H groups in total. The zero-order valence-corrected chi connectivity index (χ0v) is 9.73. The van der Waals surface area contributed by atoms with Gasteiger partial charge in [-0.05, 0) is 19.3 Å². The molecule has 5 nitrogen and oxygen atoms in total. The lowest BCUT2D eigenvalue weighted by Crippen LogP contribution is -2.44. The Morgan fingerprint density at radius 3 is 2.69 bits per heavy atom. The first-order valence-electron chi connectivity index (χ1n) is 5.74. The van der Waals surface area contributed by atoms with E-state index in [9.17, 15) is 9.59 Å². The number of rotatable bonds is 5. The highest BCUT2D eigenvalue weighted by molar-refractivity contribution is 5.85. The SMILES string of the molecule is CCC(NC(=O)C1CCOC1CC)C(=O)O. The third kappa shape index (κ3) is 2.95. The van der Waals surface area contributed by atoms with Crippen LogP contribution in [0.2, 0.25) is 0 Å². The maximum Gasteiger partial charge on any atom is 0.326 e. The lowest BCUT2D eigenvalue weighted by Gasteiger charge is -2.19. The summed E-state index contributed by atoms with van der Waals surface area (Å²) >= 11 is 0. The summed E-state index contributed by atoms with van der Waals surface area (Å²) in [6.45, 7) is 4.28. The van der Waals surface area contributed by atoms with Gasteiger partial charge < -0.3 is 15.2 Å². The molecule has 0 aromatic carbocycles. The summed E-state index contributed by atoms with van der Waals surface area (Å²) in [6, 6.07) is -0.786. The molecule has 0 aromatic rings. The van der Waals surface area contributed by atoms with Crippen LogP contribution in [-0.4, -0.2) is 35.7 Å². The molecule has 0 spiro atoms. The van der Waals surface area contributed by atoms with E-state index in [-0.39, 0.29) is 17.9 Å². The molecule has 0 radical (unpaired) electrons. The lowest BCUT2D eigenvalue weighted by molar-refractivity contribution is -0.142. The van der Waals surface area contributed by atoms with Crippen LogP contribution >= 0.6 is 0 Å². The standard InChI is InChI=1S/C11H19NO4/c1-3-8(11(14)15)12-10(13)7-5-6-16-9(7)4-2/h7-9H,3-6H2,1-2H3,(H,12,13)(H,14,15). The lowest BCUT2D eigenvalue weighted by atomic mass is 9.98. The van der Waals surface area contributed by atoms with Crippen molar-refractivity contribution >= 4 is 11.9 Å². The minimum absolute atomic E-state index is 0.0636. The first-order valence-corrected chi connectivity index (χ1v) is 5.74. The van der Waals surface area contributed by atoms with Crippen molar-refractivity contribution in [1.29, 1.82) is 0 Å². The summed E-state index contributed by atoms with van der Waals surface area (Å²) in [6.07, 6.45) is 1.79. The van der Waals surface area contributed by atoms with Crippen molar-refractivity contribution < 1.29 is 19.4 Å². The van der Waals surface area contributed by atoms with Crippen LogP contribution in [0.15, 0.2) is 0 Å². The molecule has 0 saturated carbocycles. The van der Waals surface area contributed by atoms with Crippen LogP contribution in [-0.2, 0) is 14.3 Å². The van der Waals surface area contributed by atoms with E-state index in [2.05, 4.69) is 5.32 Å². The van der Waals surface area contributed by atoms with Crippen LogP contribution < -0.4 is 5.32 Å². The van der Waals surface area contributed by atoms with Crippen molar-refractivity contribution in [3.63, 3.8) is 0 Å². The Morgan fingerprint density at radius 1 is 1.50 bits per heavy atom. The van der Waals surface area contributed by atoms with E-state index in [1.54, 1.807) is 6.92 Å². The number of amides is 1. The van der Waals surface area contributed by atoms with E-state index in [0.29, 0.717) is 19.4 Å². The highest BCUT2D eigenvalue weighted by atomic mass is 16.5. The number of hydrogen-bond donors (Lipinski definition) is 2. The third-order valence-corrected chi connectivity index (χ3v) is 2.97. The second-order valence-electron chi connectivity index (χ2n) is 4.02. The summed E-state index contributed by atoms with van der Waals surface area (Å²) in [5.41, 5.74) is 0. The molecule has 1 rings (SSSR count). The van der Waals surface area contributed by atoms with Gasteiger partial charge in [-0.3, -0.25) is 4.79 Å². The minimum Gasteiger partial charge on any atom is -0.480 e. The Hall–Kier alpha value is -1.10. The molecule has 3 unspecified atom stereocenters. The molecule has 0 aromatic heterocycles. The van der Waals surface area contributed by atoms with Gasteiger partial charge in [-0.2, -0.15) is 0 Å². The summed E-state index contributed by atoms with van der Waals surface area (Å²) in [5, 5.41) is 11.4. The molecule has 1 aliphatic rings. The largest absolute Gasteiger partial charge is 0.480 e. The molecule has 3 atom stereocenters. The molecule has 1 saturated heterocycles. The Morgan fingerprint density at radius 2 is 2.19 bits per heavy atom. The maximum atomic E-state index is 11.8. The van der Waals surface area contributed by atoms with Crippen LogP contribution in [0.25, 0.3) is 0 Å². The molecule has 1 heterocycles. The normalized spacial score (nSPS) is 26.4. The molecular weight excluding hydrogens is 210 g/mol. The smallest absolute Gasteiger partial charge is 0.326 e. The summed E-state index contributed by atoms with van der Waals surface area (Å²) in [5.74, 6) is -1.38. The van der Waals surface area contributed by atoms with Crippen molar-refractivity contribution in [3.05, 3.63) is 0 Å². The molecule has 0 bridgehead atoms. The molecule has 0 aliphatic carbocycles. The highest BCUT2D eigenvalue weighted by Crippen LogP contribution is 2.23. The van der Waals surface area contributed by atoms with Gasteiger partial charge in [-0.1, -0.05) is 13.8 Å². The van der Waals surface area contributed by atoms with Gasteiger partial charge in [0, 0.05) is 6.61 Å². The third-order valence-electron chi connectivity index (χ3n) is 2.97. The van der Waals surface area contributed by atoms with E-state index in [4.69, 9.17) is 9.84 Å². The zero-order chi connectivity index (χ0) is 12.1. The summed E-state index contributed by atoms with van der Waals surface area (Å²) in [4.78, 5) is 22.6. The quantitative estimate of drug-likeness (QED) is 0.730. The average molecular weight is 229 g/mol. The van der Waals surface area contributed by atoms with Crippen LogP contribution in [0.5, 0.6) is 0 Å². The molecule has 92 valence electrons. The highest BCUT2D eigenvalue weighted by Gasteiger charge is 2.34. The number of carboxylic acid groups (broad SMARTS) is 1. The number of nitrogens with one attached hydrogen (secondary N) is 1. The molecule has 1 amide bonds. The van der Waals surface area contributed by atoms with E-state index in [1.165, 1.54) is 0 Å². The van der Waals surface area contributed by atoms with Crippen molar-refractivity contribution in [2.75, 3.05) is 6.61 Å². The number of aliphatic carboxylic acids is 1. The van der Waals surface area contributed by atoms with Crippen LogP contribution in [0.3, 0.4) is 0 Å². The predicted octanol–water partition coefficient (Wildman–Crippen LogP) is 0.781. The first kappa shape index (κ1) is 13.0. The topological polar surface area (TPSA) is 75.6 Å². The van der Waals surface area contributed by atoms with Crippen molar-refractivity contribution in [1.82, 2.24) is 5.32 Å². The van der Waals surface area contributed by atoms with E-state index >= 15 is 0 Å². The Balaban J connectivity index is 2.54.